The normalized spacial score (nSPS) is 24.7. The van der Waals surface area contributed by atoms with E-state index in [4.69, 9.17) is 14.5 Å². The molecular formula is C23H27N5O3. The van der Waals surface area contributed by atoms with E-state index in [1.165, 1.54) is 0 Å². The van der Waals surface area contributed by atoms with Gasteiger partial charge in [-0.15, -0.1) is 0 Å². The molecule has 1 aliphatic carbocycles. The van der Waals surface area contributed by atoms with Gasteiger partial charge in [0.2, 0.25) is 0 Å². The van der Waals surface area contributed by atoms with Gasteiger partial charge < -0.3 is 19.5 Å². The molecule has 0 radical (unpaired) electrons. The second kappa shape index (κ2) is 8.19. The molecule has 0 saturated heterocycles. The fourth-order valence-corrected chi connectivity index (χ4v) is 4.68. The molecule has 3 aliphatic rings. The first-order valence-corrected chi connectivity index (χ1v) is 10.8. The first kappa shape index (κ1) is 19.8. The summed E-state index contributed by atoms with van der Waals surface area (Å²) >= 11 is 0. The lowest BCUT2D eigenvalue weighted by atomic mass is 9.75. The second-order valence-electron chi connectivity index (χ2n) is 8.01. The number of aromatic nitrogens is 2. The van der Waals surface area contributed by atoms with E-state index in [1.54, 1.807) is 18.0 Å². The fourth-order valence-electron chi connectivity index (χ4n) is 4.68. The number of methoxy groups -OCH3 is 1. The number of nitrogens with zero attached hydrogens (tertiary/aromatic N) is 5. The maximum Gasteiger partial charge on any atom is 0.161 e. The summed E-state index contributed by atoms with van der Waals surface area (Å²) in [6.07, 6.45) is 9.63. The van der Waals surface area contributed by atoms with Crippen LogP contribution in [0.15, 0.2) is 52.9 Å². The van der Waals surface area contributed by atoms with Crippen LogP contribution in [0.1, 0.15) is 43.2 Å². The highest BCUT2D eigenvalue weighted by atomic mass is 16.5. The molecule has 31 heavy (non-hydrogen) atoms. The van der Waals surface area contributed by atoms with Crippen molar-refractivity contribution in [2.24, 2.45) is 9.98 Å². The molecule has 1 fully saturated rings. The number of rotatable bonds is 3. The van der Waals surface area contributed by atoms with Gasteiger partial charge in [0.25, 0.3) is 0 Å². The topological polar surface area (TPSA) is 84.5 Å². The molecule has 0 amide bonds. The van der Waals surface area contributed by atoms with E-state index in [2.05, 4.69) is 21.1 Å². The van der Waals surface area contributed by atoms with Gasteiger partial charge in [0, 0.05) is 30.1 Å². The number of amidine groups is 1. The molecule has 3 atom stereocenters. The third-order valence-electron chi connectivity index (χ3n) is 6.15. The van der Waals surface area contributed by atoms with Gasteiger partial charge in [-0.25, -0.2) is 9.67 Å². The van der Waals surface area contributed by atoms with E-state index in [9.17, 15) is 5.11 Å². The standard InChI is InChI=1S/C23H27N5O3/c1-3-31-21-12-16-17-11-15(29)5-6-19(17)26-23(18(16)13-20(21)30-2)27-10-7-22(24-14-27)28-9-4-8-25-28/h4,7-10,12-13,15,17,19,29H,3,5-6,11,14H2,1-2H3/t15-,17-,19-/m1/s1. The fraction of sp³-hybridized carbons (Fsp3) is 0.435. The summed E-state index contributed by atoms with van der Waals surface area (Å²) in [7, 11) is 1.65. The first-order valence-electron chi connectivity index (χ1n) is 10.8. The van der Waals surface area contributed by atoms with Crippen LogP contribution < -0.4 is 9.47 Å². The van der Waals surface area contributed by atoms with E-state index >= 15 is 0 Å². The van der Waals surface area contributed by atoms with E-state index in [-0.39, 0.29) is 18.1 Å². The molecule has 1 N–H and O–H groups in total. The predicted octanol–water partition coefficient (Wildman–Crippen LogP) is 2.78. The van der Waals surface area contributed by atoms with Crippen molar-refractivity contribution in [2.75, 3.05) is 20.4 Å². The van der Waals surface area contributed by atoms with E-state index < -0.39 is 0 Å². The molecule has 0 spiro atoms. The van der Waals surface area contributed by atoms with Crippen LogP contribution in [-0.2, 0) is 0 Å². The number of benzene rings is 1. The molecule has 1 aromatic carbocycles. The van der Waals surface area contributed by atoms with Crippen molar-refractivity contribution in [1.29, 1.82) is 0 Å². The number of aliphatic imine (C=N–C) groups is 2. The van der Waals surface area contributed by atoms with E-state index in [0.29, 0.717) is 25.4 Å². The number of hydrogen-bond donors (Lipinski definition) is 1. The lowest BCUT2D eigenvalue weighted by Crippen LogP contribution is -2.39. The van der Waals surface area contributed by atoms with Crippen molar-refractivity contribution in [3.8, 4) is 11.5 Å². The monoisotopic (exact) mass is 421 g/mol. The Balaban J connectivity index is 1.53. The van der Waals surface area contributed by atoms with Crippen molar-refractivity contribution in [3.05, 3.63) is 54.0 Å². The lowest BCUT2D eigenvalue weighted by molar-refractivity contribution is 0.110. The molecular weight excluding hydrogens is 394 g/mol. The quantitative estimate of drug-likeness (QED) is 0.824. The summed E-state index contributed by atoms with van der Waals surface area (Å²) in [5.41, 5.74) is 2.17. The summed E-state index contributed by atoms with van der Waals surface area (Å²) in [6, 6.07) is 6.11. The van der Waals surface area contributed by atoms with Crippen molar-refractivity contribution < 1.29 is 14.6 Å². The number of allylic oxidation sites excluding steroid dienone is 1. The summed E-state index contributed by atoms with van der Waals surface area (Å²) in [5, 5.41) is 14.6. The molecule has 1 aromatic heterocycles. The predicted molar refractivity (Wildman–Crippen MR) is 118 cm³/mol. The Kier molecular flexibility index (Phi) is 5.23. The maximum absolute atomic E-state index is 10.3. The SMILES string of the molecule is CCOc1cc2c(cc1OC)C(N1C=CC(n3cccn3)=NC1)=N[C@@H]1CC[C@@H](O)C[C@H]21. The summed E-state index contributed by atoms with van der Waals surface area (Å²) in [6.45, 7) is 2.98. The van der Waals surface area contributed by atoms with Crippen molar-refractivity contribution in [2.45, 2.75) is 44.2 Å². The molecule has 8 nitrogen and oxygen atoms in total. The van der Waals surface area contributed by atoms with Crippen molar-refractivity contribution in [1.82, 2.24) is 14.7 Å². The van der Waals surface area contributed by atoms with Gasteiger partial charge in [-0.1, -0.05) is 0 Å². The molecule has 162 valence electrons. The van der Waals surface area contributed by atoms with Gasteiger partial charge in [-0.05, 0) is 56.0 Å². The minimum absolute atomic E-state index is 0.138. The molecule has 0 bridgehead atoms. The molecule has 1 saturated carbocycles. The highest BCUT2D eigenvalue weighted by molar-refractivity contribution is 6.04. The largest absolute Gasteiger partial charge is 0.493 e. The zero-order valence-corrected chi connectivity index (χ0v) is 17.8. The Hall–Kier alpha value is -3.13. The third-order valence-corrected chi connectivity index (χ3v) is 6.15. The van der Waals surface area contributed by atoms with Crippen LogP contribution in [0.2, 0.25) is 0 Å². The number of ether oxygens (including phenoxy) is 2. The van der Waals surface area contributed by atoms with Crippen LogP contribution in [0.25, 0.3) is 0 Å². The molecule has 2 aromatic rings. The van der Waals surface area contributed by atoms with Crippen molar-refractivity contribution in [3.63, 3.8) is 0 Å². The molecule has 0 unspecified atom stereocenters. The lowest BCUT2D eigenvalue weighted by Gasteiger charge is -2.39. The molecule has 8 heteroatoms. The van der Waals surface area contributed by atoms with E-state index in [1.807, 2.05) is 37.5 Å². The van der Waals surface area contributed by atoms with Gasteiger partial charge >= 0.3 is 0 Å². The summed E-state index contributed by atoms with van der Waals surface area (Å²) in [4.78, 5) is 11.9. The van der Waals surface area contributed by atoms with Crippen LogP contribution in [-0.4, -0.2) is 64.0 Å². The Labute approximate surface area is 181 Å². The van der Waals surface area contributed by atoms with Gasteiger partial charge in [-0.2, -0.15) is 5.10 Å². The molecule has 3 heterocycles. The van der Waals surface area contributed by atoms with E-state index in [0.717, 1.165) is 41.4 Å². The number of hydrogen-bond acceptors (Lipinski definition) is 7. The highest BCUT2D eigenvalue weighted by Crippen LogP contribution is 2.44. The third kappa shape index (κ3) is 3.61. The van der Waals surface area contributed by atoms with Gasteiger partial charge in [0.15, 0.2) is 17.3 Å². The minimum Gasteiger partial charge on any atom is -0.493 e. The van der Waals surface area contributed by atoms with Crippen LogP contribution in [0.3, 0.4) is 0 Å². The van der Waals surface area contributed by atoms with Crippen LogP contribution in [0, 0.1) is 0 Å². The van der Waals surface area contributed by atoms with Crippen LogP contribution in [0.5, 0.6) is 11.5 Å². The van der Waals surface area contributed by atoms with Gasteiger partial charge in [0.05, 0.1) is 25.9 Å². The average Bonchev–Trinajstić information content (AvgIpc) is 3.34. The van der Waals surface area contributed by atoms with Crippen LogP contribution >= 0.6 is 0 Å². The minimum atomic E-state index is -0.292. The Morgan fingerprint density at radius 2 is 2.13 bits per heavy atom. The van der Waals surface area contributed by atoms with Crippen LogP contribution in [0.4, 0.5) is 0 Å². The maximum atomic E-state index is 10.3. The Morgan fingerprint density at radius 1 is 1.23 bits per heavy atom. The second-order valence-corrected chi connectivity index (χ2v) is 8.01. The smallest absolute Gasteiger partial charge is 0.161 e. The average molecular weight is 422 g/mol. The zero-order valence-electron chi connectivity index (χ0n) is 17.8. The highest BCUT2D eigenvalue weighted by Gasteiger charge is 2.38. The Morgan fingerprint density at radius 3 is 2.84 bits per heavy atom. The number of aliphatic hydroxyl groups excluding tert-OH is 1. The number of aliphatic hydroxyl groups is 1. The molecule has 2 aliphatic heterocycles. The summed E-state index contributed by atoms with van der Waals surface area (Å²) in [5.74, 6) is 3.26. The Bertz CT molecular complexity index is 1040. The van der Waals surface area contributed by atoms with Gasteiger partial charge in [0.1, 0.15) is 12.5 Å². The zero-order chi connectivity index (χ0) is 21.4. The van der Waals surface area contributed by atoms with Gasteiger partial charge in [-0.3, -0.25) is 4.99 Å². The summed E-state index contributed by atoms with van der Waals surface area (Å²) < 4.78 is 13.2. The first-order chi connectivity index (χ1) is 15.2. The number of fused-ring (bicyclic) bond motifs is 3. The van der Waals surface area contributed by atoms with Crippen molar-refractivity contribution >= 4 is 11.7 Å². The molecule has 5 rings (SSSR count).